The van der Waals surface area contributed by atoms with E-state index in [9.17, 15) is 4.79 Å². The molecule has 0 saturated heterocycles. The van der Waals surface area contributed by atoms with Gasteiger partial charge in [0.2, 0.25) is 0 Å². The van der Waals surface area contributed by atoms with E-state index in [4.69, 9.17) is 4.74 Å². The Morgan fingerprint density at radius 1 is 1.37 bits per heavy atom. The van der Waals surface area contributed by atoms with Gasteiger partial charge in [-0.1, -0.05) is 29.8 Å². The number of hydrogen-bond donors (Lipinski definition) is 0. The third-order valence-corrected chi connectivity index (χ3v) is 3.28. The number of aromatic nitrogens is 2. The van der Waals surface area contributed by atoms with E-state index in [1.165, 1.54) is 4.57 Å². The first-order chi connectivity index (χ1) is 8.99. The fourth-order valence-electron chi connectivity index (χ4n) is 1.71. The third kappa shape index (κ3) is 3.04. The Hall–Kier alpha value is -1.62. The third-order valence-electron chi connectivity index (χ3n) is 2.79. The van der Waals surface area contributed by atoms with Crippen molar-refractivity contribution in [2.45, 2.75) is 19.8 Å². The van der Waals surface area contributed by atoms with Crippen molar-refractivity contribution in [3.8, 4) is 11.6 Å². The van der Waals surface area contributed by atoms with Gasteiger partial charge in [-0.25, -0.2) is 4.98 Å². The second kappa shape index (κ2) is 5.57. The minimum Gasteiger partial charge on any atom is -0.434 e. The molecule has 0 spiro atoms. The first-order valence-corrected chi connectivity index (χ1v) is 6.77. The number of ether oxygens (including phenoxy) is 1. The molecule has 5 heteroatoms. The summed E-state index contributed by atoms with van der Waals surface area (Å²) in [5.41, 5.74) is 0.780. The van der Waals surface area contributed by atoms with Crippen LogP contribution < -0.4 is 10.3 Å². The van der Waals surface area contributed by atoms with Crippen LogP contribution in [0.2, 0.25) is 0 Å². The smallest absolute Gasteiger partial charge is 0.313 e. The maximum Gasteiger partial charge on any atom is 0.313 e. The highest BCUT2D eigenvalue weighted by molar-refractivity contribution is 9.10. The summed E-state index contributed by atoms with van der Waals surface area (Å²) in [5.74, 6) is 1.04. The van der Waals surface area contributed by atoms with E-state index in [-0.39, 0.29) is 11.4 Å². The lowest BCUT2D eigenvalue weighted by atomic mass is 10.0. The Morgan fingerprint density at radius 2 is 2.11 bits per heavy atom. The molecule has 0 bridgehead atoms. The van der Waals surface area contributed by atoms with Crippen LogP contribution in [0.3, 0.4) is 0 Å². The van der Waals surface area contributed by atoms with Crippen LogP contribution in [-0.2, 0) is 7.05 Å². The second-order valence-electron chi connectivity index (χ2n) is 4.59. The van der Waals surface area contributed by atoms with Crippen molar-refractivity contribution < 1.29 is 4.74 Å². The van der Waals surface area contributed by atoms with E-state index in [0.717, 1.165) is 10.0 Å². The van der Waals surface area contributed by atoms with E-state index in [0.29, 0.717) is 11.7 Å². The Labute approximate surface area is 120 Å². The molecular formula is C14H15BrN2O2. The van der Waals surface area contributed by atoms with E-state index in [1.807, 2.05) is 18.2 Å². The molecule has 0 radical (unpaired) electrons. The van der Waals surface area contributed by atoms with Crippen LogP contribution in [0.1, 0.15) is 25.3 Å². The van der Waals surface area contributed by atoms with Gasteiger partial charge in [-0.2, -0.15) is 0 Å². The molecule has 0 N–H and O–H groups in total. The molecule has 19 heavy (non-hydrogen) atoms. The van der Waals surface area contributed by atoms with Crippen molar-refractivity contribution in [3.05, 3.63) is 51.0 Å². The average molecular weight is 323 g/mol. The first kappa shape index (κ1) is 13.8. The summed E-state index contributed by atoms with van der Waals surface area (Å²) in [6.07, 6.45) is 3.14. The molecule has 2 aromatic rings. The molecular weight excluding hydrogens is 308 g/mol. The van der Waals surface area contributed by atoms with Crippen LogP contribution in [-0.4, -0.2) is 9.55 Å². The number of halogens is 1. The van der Waals surface area contributed by atoms with E-state index >= 15 is 0 Å². The summed E-state index contributed by atoms with van der Waals surface area (Å²) >= 11 is 3.44. The zero-order chi connectivity index (χ0) is 14.0. The highest BCUT2D eigenvalue weighted by Crippen LogP contribution is 2.31. The van der Waals surface area contributed by atoms with E-state index in [2.05, 4.69) is 34.8 Å². The lowest BCUT2D eigenvalue weighted by Crippen LogP contribution is -2.18. The Kier molecular flexibility index (Phi) is 4.04. The standard InChI is InChI=1S/C14H15BrN2O2/c1-9(2)11-8-10(15)4-5-12(11)19-13-14(18)17(3)7-6-16-13/h4-9H,1-3H3. The Balaban J connectivity index is 2.44. The molecule has 0 unspecified atom stereocenters. The second-order valence-corrected chi connectivity index (χ2v) is 5.50. The number of benzene rings is 1. The van der Waals surface area contributed by atoms with Gasteiger partial charge >= 0.3 is 5.56 Å². The van der Waals surface area contributed by atoms with Gasteiger partial charge in [0, 0.05) is 23.9 Å². The van der Waals surface area contributed by atoms with Crippen LogP contribution in [0, 0.1) is 0 Å². The minimum absolute atomic E-state index is 0.0919. The zero-order valence-electron chi connectivity index (χ0n) is 11.1. The molecule has 1 aromatic carbocycles. The quantitative estimate of drug-likeness (QED) is 0.869. The SMILES string of the molecule is CC(C)c1cc(Br)ccc1Oc1nccn(C)c1=O. The fourth-order valence-corrected chi connectivity index (χ4v) is 2.09. The maximum atomic E-state index is 11.9. The maximum absolute atomic E-state index is 11.9. The molecule has 1 aromatic heterocycles. The van der Waals surface area contributed by atoms with Crippen molar-refractivity contribution in [3.63, 3.8) is 0 Å². The molecule has 0 aliphatic heterocycles. The van der Waals surface area contributed by atoms with Crippen LogP contribution in [0.15, 0.2) is 39.9 Å². The summed E-state index contributed by atoms with van der Waals surface area (Å²) in [6.45, 7) is 4.15. The van der Waals surface area contributed by atoms with Gasteiger partial charge in [0.15, 0.2) is 0 Å². The Bertz CT molecular complexity index is 650. The highest BCUT2D eigenvalue weighted by atomic mass is 79.9. The van der Waals surface area contributed by atoms with Gasteiger partial charge in [0.05, 0.1) is 0 Å². The van der Waals surface area contributed by atoms with Gasteiger partial charge in [0.25, 0.3) is 5.88 Å². The van der Waals surface area contributed by atoms with Gasteiger partial charge in [-0.05, 0) is 29.7 Å². The molecule has 100 valence electrons. The van der Waals surface area contributed by atoms with Crippen molar-refractivity contribution in [1.29, 1.82) is 0 Å². The molecule has 0 aliphatic carbocycles. The Morgan fingerprint density at radius 3 is 2.79 bits per heavy atom. The summed E-state index contributed by atoms with van der Waals surface area (Å²) in [6, 6.07) is 5.72. The summed E-state index contributed by atoms with van der Waals surface area (Å²) < 4.78 is 8.10. The molecule has 0 amide bonds. The van der Waals surface area contributed by atoms with Crippen LogP contribution in [0.5, 0.6) is 11.6 Å². The van der Waals surface area contributed by atoms with Crippen molar-refractivity contribution in [2.75, 3.05) is 0 Å². The number of aryl methyl sites for hydroxylation is 1. The summed E-state index contributed by atoms with van der Waals surface area (Å²) in [5, 5.41) is 0. The molecule has 0 aliphatic rings. The van der Waals surface area contributed by atoms with Crippen molar-refractivity contribution >= 4 is 15.9 Å². The predicted molar refractivity (Wildman–Crippen MR) is 77.8 cm³/mol. The van der Waals surface area contributed by atoms with Gasteiger partial charge in [-0.15, -0.1) is 0 Å². The lowest BCUT2D eigenvalue weighted by molar-refractivity contribution is 0.441. The lowest BCUT2D eigenvalue weighted by Gasteiger charge is -2.13. The molecule has 0 fully saturated rings. The van der Waals surface area contributed by atoms with Crippen LogP contribution in [0.25, 0.3) is 0 Å². The normalized spacial score (nSPS) is 10.8. The molecule has 4 nitrogen and oxygen atoms in total. The molecule has 0 saturated carbocycles. The number of nitrogens with zero attached hydrogens (tertiary/aromatic N) is 2. The van der Waals surface area contributed by atoms with E-state index < -0.39 is 0 Å². The number of rotatable bonds is 3. The fraction of sp³-hybridized carbons (Fsp3) is 0.286. The topological polar surface area (TPSA) is 44.1 Å². The van der Waals surface area contributed by atoms with Gasteiger partial charge in [-0.3, -0.25) is 4.79 Å². The molecule has 2 rings (SSSR count). The van der Waals surface area contributed by atoms with Gasteiger partial charge in [0.1, 0.15) is 5.75 Å². The largest absolute Gasteiger partial charge is 0.434 e. The van der Waals surface area contributed by atoms with Crippen LogP contribution in [0.4, 0.5) is 0 Å². The monoisotopic (exact) mass is 322 g/mol. The summed E-state index contributed by atoms with van der Waals surface area (Å²) in [7, 11) is 1.67. The van der Waals surface area contributed by atoms with Crippen LogP contribution >= 0.6 is 15.9 Å². The molecule has 0 atom stereocenters. The van der Waals surface area contributed by atoms with Crippen molar-refractivity contribution in [1.82, 2.24) is 9.55 Å². The highest BCUT2D eigenvalue weighted by Gasteiger charge is 2.12. The summed E-state index contributed by atoms with van der Waals surface area (Å²) in [4.78, 5) is 15.9. The van der Waals surface area contributed by atoms with E-state index in [1.54, 1.807) is 19.4 Å². The predicted octanol–water partition coefficient (Wildman–Crippen LogP) is 3.46. The minimum atomic E-state index is -0.250. The first-order valence-electron chi connectivity index (χ1n) is 5.98. The van der Waals surface area contributed by atoms with Gasteiger partial charge < -0.3 is 9.30 Å². The van der Waals surface area contributed by atoms with Crippen molar-refractivity contribution in [2.24, 2.45) is 7.05 Å². The zero-order valence-corrected chi connectivity index (χ0v) is 12.6. The number of hydrogen-bond acceptors (Lipinski definition) is 3. The average Bonchev–Trinajstić information content (AvgIpc) is 2.36. The molecule has 1 heterocycles.